The number of alkyl halides is 9. The molecule has 0 aliphatic carbocycles. The third-order valence-corrected chi connectivity index (χ3v) is 2.76. The highest BCUT2D eigenvalue weighted by atomic mass is 19.4. The third kappa shape index (κ3) is 8.41. The standard InChI is InChI=1S/C6HF9O2.C6H15N/c7-4(8,9)2(5(10,11)12)1(16)3(17)6(13,14)15;1-4-7(5-2)6-3/h16H;4-6H2,1-3H3. The summed E-state index contributed by atoms with van der Waals surface area (Å²) in [6.07, 6.45) is -18.9. The quantitative estimate of drug-likeness (QED) is 0.461. The Morgan fingerprint density at radius 2 is 1.04 bits per heavy atom. The molecule has 0 spiro atoms. The average molecular weight is 377 g/mol. The Kier molecular flexibility index (Phi) is 9.44. The summed E-state index contributed by atoms with van der Waals surface area (Å²) < 4.78 is 105. The molecule has 1 N–H and O–H groups in total. The van der Waals surface area contributed by atoms with Crippen molar-refractivity contribution >= 4 is 5.78 Å². The molecule has 0 amide bonds. The topological polar surface area (TPSA) is 44.6 Å². The lowest BCUT2D eigenvalue weighted by molar-refractivity contribution is -0.894. The van der Waals surface area contributed by atoms with Crippen molar-refractivity contribution in [1.29, 1.82) is 0 Å². The first-order valence-electron chi connectivity index (χ1n) is 6.54. The molecule has 0 heterocycles. The Bertz CT molecular complexity index is 410. The van der Waals surface area contributed by atoms with Crippen LogP contribution in [0.4, 0.5) is 39.5 Å². The maximum absolute atomic E-state index is 11.7. The first kappa shape index (κ1) is 24.8. The number of nitrogens with one attached hydrogen (secondary N) is 1. The number of hydrogen-bond acceptors (Lipinski definition) is 2. The lowest BCUT2D eigenvalue weighted by atomic mass is 10.1. The minimum atomic E-state index is -6.41. The van der Waals surface area contributed by atoms with E-state index in [4.69, 9.17) is 0 Å². The summed E-state index contributed by atoms with van der Waals surface area (Å²) in [5.41, 5.74) is -4.01. The summed E-state index contributed by atoms with van der Waals surface area (Å²) in [6.45, 7) is 10.5. The van der Waals surface area contributed by atoms with Gasteiger partial charge in [0.2, 0.25) is 0 Å². The maximum atomic E-state index is 11.7. The number of ketones is 1. The average Bonchev–Trinajstić information content (AvgIpc) is 2.36. The second kappa shape index (κ2) is 9.14. The monoisotopic (exact) mass is 377 g/mol. The van der Waals surface area contributed by atoms with Crippen LogP contribution < -0.4 is 10.0 Å². The summed E-state index contributed by atoms with van der Waals surface area (Å²) >= 11 is 0. The van der Waals surface area contributed by atoms with Gasteiger partial charge in [-0.3, -0.25) is 4.79 Å². The van der Waals surface area contributed by atoms with E-state index in [1.807, 2.05) is 0 Å². The van der Waals surface area contributed by atoms with Crippen LogP contribution in [0.5, 0.6) is 0 Å². The Hall–Kier alpha value is -1.46. The highest BCUT2D eigenvalue weighted by Gasteiger charge is 2.54. The SMILES string of the molecule is CC[NH+](CC)CC.O=C(C([O-])=C(C(F)(F)F)C(F)(F)F)C(F)(F)F. The Morgan fingerprint density at radius 3 is 1.17 bits per heavy atom. The van der Waals surface area contributed by atoms with Crippen molar-refractivity contribution in [1.82, 2.24) is 0 Å². The van der Waals surface area contributed by atoms with E-state index >= 15 is 0 Å². The second-order valence-corrected chi connectivity index (χ2v) is 4.34. The van der Waals surface area contributed by atoms with Gasteiger partial charge in [-0.05, 0) is 26.5 Å². The van der Waals surface area contributed by atoms with Gasteiger partial charge >= 0.3 is 18.5 Å². The number of carbonyl (C=O) groups excluding carboxylic acids is 1. The number of hydrogen-bond donors (Lipinski definition) is 1. The van der Waals surface area contributed by atoms with Crippen LogP contribution in [0.15, 0.2) is 11.3 Å². The summed E-state index contributed by atoms with van der Waals surface area (Å²) in [5.74, 6) is -7.42. The first-order chi connectivity index (χ1) is 10.5. The largest absolute Gasteiger partial charge is 0.869 e. The summed E-state index contributed by atoms with van der Waals surface area (Å²) in [6, 6.07) is 0. The van der Waals surface area contributed by atoms with E-state index in [-0.39, 0.29) is 0 Å². The number of halogens is 9. The van der Waals surface area contributed by atoms with E-state index in [9.17, 15) is 49.4 Å². The zero-order chi connectivity index (χ0) is 19.9. The Balaban J connectivity index is 0. The van der Waals surface area contributed by atoms with Crippen LogP contribution in [0, 0.1) is 0 Å². The lowest BCUT2D eigenvalue weighted by Gasteiger charge is -2.22. The molecule has 0 saturated carbocycles. The van der Waals surface area contributed by atoms with Crippen LogP contribution in [-0.2, 0) is 4.79 Å². The van der Waals surface area contributed by atoms with Crippen molar-refractivity contribution in [2.75, 3.05) is 19.6 Å². The van der Waals surface area contributed by atoms with Crippen molar-refractivity contribution in [2.45, 2.75) is 39.3 Å². The van der Waals surface area contributed by atoms with Gasteiger partial charge in [0.25, 0.3) is 5.78 Å². The van der Waals surface area contributed by atoms with Gasteiger partial charge in [-0.2, -0.15) is 39.5 Å². The zero-order valence-electron chi connectivity index (χ0n) is 12.8. The zero-order valence-corrected chi connectivity index (χ0v) is 12.8. The predicted octanol–water partition coefficient (Wildman–Crippen LogP) is 1.79. The molecule has 0 fully saturated rings. The van der Waals surface area contributed by atoms with E-state index in [0.717, 1.165) is 0 Å². The molecular weight excluding hydrogens is 361 g/mol. The fraction of sp³-hybridized carbons (Fsp3) is 0.750. The van der Waals surface area contributed by atoms with Gasteiger partial charge in [0.05, 0.1) is 19.6 Å². The molecule has 0 bridgehead atoms. The van der Waals surface area contributed by atoms with Crippen molar-refractivity contribution in [3.63, 3.8) is 0 Å². The fourth-order valence-electron chi connectivity index (χ4n) is 1.41. The fourth-order valence-corrected chi connectivity index (χ4v) is 1.41. The molecule has 0 aliphatic heterocycles. The second-order valence-electron chi connectivity index (χ2n) is 4.34. The predicted molar refractivity (Wildman–Crippen MR) is 62.8 cm³/mol. The molecule has 0 aromatic carbocycles. The summed E-state index contributed by atoms with van der Waals surface area (Å²) in [5, 5.41) is 10.2. The van der Waals surface area contributed by atoms with Crippen LogP contribution in [-0.4, -0.2) is 43.9 Å². The third-order valence-electron chi connectivity index (χ3n) is 2.76. The van der Waals surface area contributed by atoms with Gasteiger partial charge in [-0.25, -0.2) is 0 Å². The minimum Gasteiger partial charge on any atom is -0.869 e. The van der Waals surface area contributed by atoms with Crippen molar-refractivity contribution < 1.29 is 54.3 Å². The minimum absolute atomic E-state index is 1.27. The molecule has 0 aromatic rings. The molecule has 3 nitrogen and oxygen atoms in total. The van der Waals surface area contributed by atoms with Crippen LogP contribution in [0.25, 0.3) is 0 Å². The highest BCUT2D eigenvalue weighted by molar-refractivity contribution is 5.97. The van der Waals surface area contributed by atoms with Crippen LogP contribution in [0.2, 0.25) is 0 Å². The number of rotatable bonds is 4. The molecule has 0 rings (SSSR count). The maximum Gasteiger partial charge on any atom is 0.453 e. The molecule has 0 atom stereocenters. The summed E-state index contributed by atoms with van der Waals surface area (Å²) in [7, 11) is 0. The van der Waals surface area contributed by atoms with E-state index in [0.29, 0.717) is 0 Å². The smallest absolute Gasteiger partial charge is 0.453 e. The van der Waals surface area contributed by atoms with E-state index in [1.54, 1.807) is 4.90 Å². The molecule has 12 heteroatoms. The van der Waals surface area contributed by atoms with Gasteiger partial charge in [-0.15, -0.1) is 0 Å². The van der Waals surface area contributed by atoms with Gasteiger partial charge in [0.15, 0.2) is 0 Å². The summed E-state index contributed by atoms with van der Waals surface area (Å²) in [4.78, 5) is 11.7. The molecule has 0 unspecified atom stereocenters. The van der Waals surface area contributed by atoms with E-state index < -0.39 is 35.6 Å². The molecule has 0 aromatic heterocycles. The van der Waals surface area contributed by atoms with Crippen molar-refractivity contribution in [3.05, 3.63) is 11.3 Å². The van der Waals surface area contributed by atoms with Crippen LogP contribution >= 0.6 is 0 Å². The van der Waals surface area contributed by atoms with Gasteiger partial charge in [-0.1, -0.05) is 0 Å². The lowest BCUT2D eigenvalue weighted by Crippen LogP contribution is -3.11. The Labute approximate surface area is 131 Å². The van der Waals surface area contributed by atoms with E-state index in [1.165, 1.54) is 19.6 Å². The van der Waals surface area contributed by atoms with Gasteiger partial charge < -0.3 is 10.0 Å². The van der Waals surface area contributed by atoms with Crippen molar-refractivity contribution in [2.24, 2.45) is 0 Å². The van der Waals surface area contributed by atoms with Crippen LogP contribution in [0.1, 0.15) is 20.8 Å². The molecule has 24 heavy (non-hydrogen) atoms. The number of allylic oxidation sites excluding steroid dienone is 2. The Morgan fingerprint density at radius 1 is 0.750 bits per heavy atom. The van der Waals surface area contributed by atoms with Gasteiger partial charge in [0, 0.05) is 0 Å². The molecule has 0 radical (unpaired) electrons. The molecule has 144 valence electrons. The number of carbonyl (C=O) groups is 1. The molecule has 0 saturated heterocycles. The molecule has 0 aliphatic rings. The number of quaternary nitrogens is 1. The normalized spacial score (nSPS) is 12.5. The van der Waals surface area contributed by atoms with Crippen molar-refractivity contribution in [3.8, 4) is 0 Å². The van der Waals surface area contributed by atoms with E-state index in [2.05, 4.69) is 20.8 Å². The van der Waals surface area contributed by atoms with Gasteiger partial charge in [0.1, 0.15) is 5.57 Å². The number of Topliss-reactive ketones (excluding diaryl/α,β-unsaturated/α-hetero) is 1. The van der Waals surface area contributed by atoms with Crippen LogP contribution in [0.3, 0.4) is 0 Å². The highest BCUT2D eigenvalue weighted by Crippen LogP contribution is 2.40. The molecular formula is C12H16F9NO2. The first-order valence-corrected chi connectivity index (χ1v) is 6.54.